The van der Waals surface area contributed by atoms with E-state index in [1.54, 1.807) is 17.5 Å². The molecule has 1 aromatic carbocycles. The second kappa shape index (κ2) is 10.4. The lowest BCUT2D eigenvalue weighted by atomic mass is 9.98. The van der Waals surface area contributed by atoms with Gasteiger partial charge in [0.2, 0.25) is 0 Å². The number of aromatic nitrogens is 2. The van der Waals surface area contributed by atoms with E-state index in [0.717, 1.165) is 47.5 Å². The summed E-state index contributed by atoms with van der Waals surface area (Å²) >= 11 is 1.71. The maximum atomic E-state index is 11.9. The molecule has 7 nitrogen and oxygen atoms in total. The van der Waals surface area contributed by atoms with E-state index in [9.17, 15) is 9.90 Å². The third-order valence-corrected chi connectivity index (χ3v) is 8.11. The molecule has 3 N–H and O–H groups in total. The molecule has 0 amide bonds. The normalized spacial score (nSPS) is 20.8. The Morgan fingerprint density at radius 1 is 1.25 bits per heavy atom. The van der Waals surface area contributed by atoms with Gasteiger partial charge in [-0.25, -0.2) is 9.97 Å². The zero-order valence-electron chi connectivity index (χ0n) is 20.4. The number of nitrogen functional groups attached to an aromatic ring is 1. The van der Waals surface area contributed by atoms with Gasteiger partial charge in [-0.2, -0.15) is 0 Å². The molecule has 186 valence electrons. The average Bonchev–Trinajstić information content (AvgIpc) is 3.50. The van der Waals surface area contributed by atoms with Gasteiger partial charge >= 0.3 is 0 Å². The van der Waals surface area contributed by atoms with Gasteiger partial charge in [-0.05, 0) is 69.6 Å². The molecular weight excluding hydrogens is 472 g/mol. The molecule has 1 atom stereocenters. The molecule has 1 aliphatic heterocycles. The predicted molar refractivity (Wildman–Crippen MR) is 141 cm³/mol. The van der Waals surface area contributed by atoms with Crippen LogP contribution in [0, 0.1) is 11.8 Å². The number of benzene rings is 1. The number of nitrogens with two attached hydrogens (primary N) is 1. The molecule has 36 heavy (non-hydrogen) atoms. The van der Waals surface area contributed by atoms with Crippen molar-refractivity contribution in [3.63, 3.8) is 0 Å². The minimum atomic E-state index is -1.52. The molecule has 5 rings (SSSR count). The molecule has 1 saturated heterocycles. The van der Waals surface area contributed by atoms with E-state index in [1.165, 1.54) is 5.01 Å². The summed E-state index contributed by atoms with van der Waals surface area (Å²) in [5.41, 5.74) is 7.14. The van der Waals surface area contributed by atoms with Crippen LogP contribution in [0.4, 0.5) is 5.82 Å². The summed E-state index contributed by atoms with van der Waals surface area (Å²) in [6, 6.07) is 9.47. The van der Waals surface area contributed by atoms with Crippen LogP contribution in [-0.4, -0.2) is 51.5 Å². The molecule has 3 heterocycles. The van der Waals surface area contributed by atoms with Crippen LogP contribution in [0.2, 0.25) is 0 Å². The Hall–Kier alpha value is -3.25. The Balaban J connectivity index is 1.27. The number of hydrogen-bond donors (Lipinski definition) is 2. The minimum Gasteiger partial charge on any atom is -0.485 e. The number of aliphatic hydroxyl groups is 1. The van der Waals surface area contributed by atoms with Crippen molar-refractivity contribution in [3.05, 3.63) is 58.9 Å². The Labute approximate surface area is 215 Å². The monoisotopic (exact) mass is 502 g/mol. The second-order valence-corrected chi connectivity index (χ2v) is 10.7. The van der Waals surface area contributed by atoms with E-state index < -0.39 is 5.60 Å². The van der Waals surface area contributed by atoms with Crippen LogP contribution in [-0.2, 0) is 11.4 Å². The topological polar surface area (TPSA) is 102 Å². The highest BCUT2D eigenvalue weighted by Gasteiger charge is 2.38. The molecule has 3 aromatic rings. The molecule has 2 aliphatic rings. The summed E-state index contributed by atoms with van der Waals surface area (Å²) in [5, 5.41) is 11.6. The lowest BCUT2D eigenvalue weighted by molar-refractivity contribution is -0.128. The van der Waals surface area contributed by atoms with Gasteiger partial charge in [0.1, 0.15) is 6.61 Å². The van der Waals surface area contributed by atoms with E-state index in [1.807, 2.05) is 36.5 Å². The van der Waals surface area contributed by atoms with E-state index >= 15 is 0 Å². The van der Waals surface area contributed by atoms with Gasteiger partial charge in [0.15, 0.2) is 23.0 Å². The zero-order chi connectivity index (χ0) is 25.1. The number of likely N-dealkylation sites (tertiary alicyclic amines) is 1. The van der Waals surface area contributed by atoms with Crippen LogP contribution < -0.4 is 10.5 Å². The number of anilines is 1. The summed E-state index contributed by atoms with van der Waals surface area (Å²) in [7, 11) is 2.16. The second-order valence-electron chi connectivity index (χ2n) is 9.62. The molecule has 0 spiro atoms. The number of thiazole rings is 1. The first-order chi connectivity index (χ1) is 17.4. The van der Waals surface area contributed by atoms with E-state index in [2.05, 4.69) is 28.8 Å². The first kappa shape index (κ1) is 24.4. The number of rotatable bonds is 5. The van der Waals surface area contributed by atoms with Gasteiger partial charge in [0.05, 0.1) is 9.88 Å². The van der Waals surface area contributed by atoms with Gasteiger partial charge in [0.25, 0.3) is 0 Å². The van der Waals surface area contributed by atoms with Gasteiger partial charge < -0.3 is 20.5 Å². The molecule has 0 radical (unpaired) electrons. The Bertz CT molecular complexity index is 1320. The number of pyridine rings is 1. The third-order valence-electron chi connectivity index (χ3n) is 6.90. The molecule has 1 unspecified atom stereocenters. The van der Waals surface area contributed by atoms with Gasteiger partial charge in [-0.1, -0.05) is 24.0 Å². The van der Waals surface area contributed by atoms with Crippen LogP contribution in [0.25, 0.3) is 10.4 Å². The maximum Gasteiger partial charge on any atom is 0.184 e. The molecule has 2 aromatic heterocycles. The number of nitrogens with zero attached hydrogens (tertiary/aromatic N) is 3. The quantitative estimate of drug-likeness (QED) is 0.508. The smallest absolute Gasteiger partial charge is 0.184 e. The van der Waals surface area contributed by atoms with Crippen molar-refractivity contribution in [3.8, 4) is 28.0 Å². The summed E-state index contributed by atoms with van der Waals surface area (Å²) in [5.74, 6) is 6.88. The third kappa shape index (κ3) is 5.44. The lowest BCUT2D eigenvalue weighted by Gasteiger charge is -2.27. The van der Waals surface area contributed by atoms with Gasteiger partial charge in [-0.3, -0.25) is 4.79 Å². The number of hydrogen-bond acceptors (Lipinski definition) is 8. The Kier molecular flexibility index (Phi) is 7.06. The Morgan fingerprint density at radius 2 is 2.08 bits per heavy atom. The first-order valence-electron chi connectivity index (χ1n) is 12.3. The van der Waals surface area contributed by atoms with Crippen molar-refractivity contribution in [2.45, 2.75) is 50.2 Å². The Morgan fingerprint density at radius 3 is 2.86 bits per heavy atom. The minimum absolute atomic E-state index is 0.197. The maximum absolute atomic E-state index is 11.9. The summed E-state index contributed by atoms with van der Waals surface area (Å²) in [4.78, 5) is 24.4. The van der Waals surface area contributed by atoms with Gasteiger partial charge in [-0.15, -0.1) is 11.3 Å². The van der Waals surface area contributed by atoms with Crippen molar-refractivity contribution in [2.75, 3.05) is 25.9 Å². The number of ether oxygens (including phenoxy) is 1. The molecular formula is C28H30N4O3S. The number of ketones is 1. The highest BCUT2D eigenvalue weighted by molar-refractivity contribution is 7.15. The number of carbonyl (C=O) groups excluding carboxylic acids is 1. The highest BCUT2D eigenvalue weighted by atomic mass is 32.1. The van der Waals surface area contributed by atoms with Crippen LogP contribution in [0.15, 0.2) is 42.7 Å². The fourth-order valence-electron chi connectivity index (χ4n) is 4.63. The molecule has 1 saturated carbocycles. The van der Waals surface area contributed by atoms with E-state index in [0.29, 0.717) is 36.7 Å². The van der Waals surface area contributed by atoms with E-state index in [4.69, 9.17) is 15.5 Å². The number of carbonyl (C=O) groups is 1. The molecule has 8 heteroatoms. The van der Waals surface area contributed by atoms with Crippen LogP contribution in [0.3, 0.4) is 0 Å². The van der Waals surface area contributed by atoms with Crippen molar-refractivity contribution >= 4 is 22.9 Å². The zero-order valence-corrected chi connectivity index (χ0v) is 21.2. The van der Waals surface area contributed by atoms with Crippen molar-refractivity contribution in [1.82, 2.24) is 14.9 Å². The summed E-state index contributed by atoms with van der Waals surface area (Å²) in [6.07, 6.45) is 7.40. The van der Waals surface area contributed by atoms with Gasteiger partial charge in [0, 0.05) is 35.9 Å². The molecule has 0 bridgehead atoms. The predicted octanol–water partition coefficient (Wildman–Crippen LogP) is 4.01. The standard InChI is InChI=1S/C28H30N4O3S/c1-32-12-8-21(9-13-32)27-31-17-24(36-27)22-15-23(26(29)30-16-22)35-18-20-5-2-4-19(14-20)7-11-28(34)10-3-6-25(28)33/h2,4-5,14-17,21,34H,3,6,8-10,12-13,18H2,1H3,(H2,29,30). The van der Waals surface area contributed by atoms with Crippen molar-refractivity contribution in [2.24, 2.45) is 0 Å². The molecule has 1 aliphatic carbocycles. The van der Waals surface area contributed by atoms with Crippen LogP contribution in [0.5, 0.6) is 5.75 Å². The fourth-order valence-corrected chi connectivity index (χ4v) is 5.70. The lowest BCUT2D eigenvalue weighted by Crippen LogP contribution is -2.31. The average molecular weight is 503 g/mol. The fraction of sp³-hybridized carbons (Fsp3) is 0.393. The molecule has 2 fully saturated rings. The van der Waals surface area contributed by atoms with Crippen LogP contribution in [0.1, 0.15) is 54.2 Å². The summed E-state index contributed by atoms with van der Waals surface area (Å²) < 4.78 is 6.03. The highest BCUT2D eigenvalue weighted by Crippen LogP contribution is 2.36. The SMILES string of the molecule is CN1CCC(c2ncc(-c3cnc(N)c(OCc4cccc(C#CC5(O)CCCC5=O)c4)c3)s2)CC1. The van der Waals surface area contributed by atoms with E-state index in [-0.39, 0.29) is 12.4 Å². The summed E-state index contributed by atoms with van der Waals surface area (Å²) in [6.45, 7) is 2.50. The number of Topliss-reactive ketones (excluding diaryl/α,β-unsaturated/α-hetero) is 1. The first-order valence-corrected chi connectivity index (χ1v) is 13.1. The number of piperidine rings is 1. The largest absolute Gasteiger partial charge is 0.485 e. The van der Waals surface area contributed by atoms with Crippen molar-refractivity contribution in [1.29, 1.82) is 0 Å². The van der Waals surface area contributed by atoms with Crippen LogP contribution >= 0.6 is 11.3 Å². The van der Waals surface area contributed by atoms with Crippen molar-refractivity contribution < 1.29 is 14.6 Å².